The van der Waals surface area contributed by atoms with Crippen molar-refractivity contribution >= 4 is 23.0 Å². The Labute approximate surface area is 282 Å². The Morgan fingerprint density at radius 1 is 1.04 bits per heavy atom. The number of nitrogens with zero attached hydrogens (tertiary/aromatic N) is 4. The Morgan fingerprint density at radius 3 is 2.69 bits per heavy atom. The Hall–Kier alpha value is -4.40. The van der Waals surface area contributed by atoms with Crippen LogP contribution >= 0.6 is 0 Å². The number of aromatic nitrogens is 2. The summed E-state index contributed by atoms with van der Waals surface area (Å²) in [6.07, 6.45) is 13.0. The van der Waals surface area contributed by atoms with E-state index in [9.17, 15) is 4.79 Å². The molecular weight excluding hydrogens is 598 g/mol. The molecule has 8 heteroatoms. The van der Waals surface area contributed by atoms with Gasteiger partial charge in [0.15, 0.2) is 6.29 Å². The van der Waals surface area contributed by atoms with Crippen LogP contribution in [0.25, 0.3) is 11.0 Å². The lowest BCUT2D eigenvalue weighted by Crippen LogP contribution is -2.60. The molecule has 48 heavy (non-hydrogen) atoms. The van der Waals surface area contributed by atoms with Crippen molar-refractivity contribution in [2.45, 2.75) is 64.1 Å². The molecule has 1 N–H and O–H groups in total. The van der Waals surface area contributed by atoms with Crippen LogP contribution in [0, 0.1) is 5.41 Å². The van der Waals surface area contributed by atoms with Gasteiger partial charge < -0.3 is 19.0 Å². The first-order valence-electron chi connectivity index (χ1n) is 17.5. The summed E-state index contributed by atoms with van der Waals surface area (Å²) < 4.78 is 11.6. The molecule has 2 saturated heterocycles. The van der Waals surface area contributed by atoms with Crippen molar-refractivity contribution < 1.29 is 13.9 Å². The molecule has 2 aliphatic heterocycles. The zero-order valence-electron chi connectivity index (χ0n) is 28.0. The lowest BCUT2D eigenvalue weighted by Gasteiger charge is -2.58. The van der Waals surface area contributed by atoms with E-state index in [0.717, 1.165) is 62.3 Å². The fourth-order valence-corrected chi connectivity index (χ4v) is 8.52. The fraction of sp³-hybridized carbons (Fsp3) is 0.400. The lowest BCUT2D eigenvalue weighted by atomic mass is 9.59. The number of fused-ring (bicyclic) bond motifs is 1. The van der Waals surface area contributed by atoms with Crippen LogP contribution in [0.1, 0.15) is 78.5 Å². The van der Waals surface area contributed by atoms with Crippen molar-refractivity contribution in [2.75, 3.05) is 37.6 Å². The smallest absolute Gasteiger partial charge is 0.153 e. The molecule has 248 valence electrons. The van der Waals surface area contributed by atoms with Gasteiger partial charge in [0.1, 0.15) is 17.1 Å². The number of furan rings is 1. The van der Waals surface area contributed by atoms with Gasteiger partial charge in [-0.05, 0) is 78.5 Å². The maximum Gasteiger partial charge on any atom is 0.153 e. The van der Waals surface area contributed by atoms with E-state index < -0.39 is 0 Å². The van der Waals surface area contributed by atoms with Crippen molar-refractivity contribution in [3.8, 4) is 11.5 Å². The number of hydrogen-bond donors (Lipinski definition) is 1. The first-order valence-corrected chi connectivity index (χ1v) is 17.5. The van der Waals surface area contributed by atoms with Crippen LogP contribution < -0.4 is 9.64 Å². The van der Waals surface area contributed by atoms with Gasteiger partial charge in [0.05, 0.1) is 24.3 Å². The van der Waals surface area contributed by atoms with Gasteiger partial charge in [0.25, 0.3) is 0 Å². The molecule has 3 aliphatic rings. The fourth-order valence-electron chi connectivity index (χ4n) is 8.52. The standard InChI is InChI=1S/C40H45N5O3/c1-28(2)35-5-3-4-6-36(35)37-25-43(24-29-10-18-47-27-29)16-17-45(37)33-21-40(22-33)11-14-44(15-12-40)32-8-7-31(26-46)38(20-32)48-34-19-30-9-13-41-39(30)42-23-34/h3-10,13,18-20,23,26-28,33,37H,11-12,14-17,21-22,24-25H2,1-2H3,(H,41,42). The average Bonchev–Trinajstić information content (AvgIpc) is 3.79. The molecule has 5 aromatic rings. The van der Waals surface area contributed by atoms with Gasteiger partial charge in [-0.3, -0.25) is 14.6 Å². The average molecular weight is 644 g/mol. The number of nitrogens with one attached hydrogen (secondary N) is 1. The number of pyridine rings is 1. The maximum atomic E-state index is 11.9. The minimum atomic E-state index is 0.398. The van der Waals surface area contributed by atoms with Crippen molar-refractivity contribution in [1.82, 2.24) is 19.8 Å². The van der Waals surface area contributed by atoms with E-state index in [1.54, 1.807) is 12.5 Å². The van der Waals surface area contributed by atoms with Crippen molar-refractivity contribution in [3.63, 3.8) is 0 Å². The second kappa shape index (κ2) is 12.9. The molecular formula is C40H45N5O3. The summed E-state index contributed by atoms with van der Waals surface area (Å²) >= 11 is 0. The van der Waals surface area contributed by atoms with Crippen molar-refractivity contribution in [2.24, 2.45) is 5.41 Å². The summed E-state index contributed by atoms with van der Waals surface area (Å²) in [5.41, 5.74) is 7.11. The Balaban J connectivity index is 0.941. The highest BCUT2D eigenvalue weighted by molar-refractivity contribution is 5.81. The van der Waals surface area contributed by atoms with E-state index in [1.807, 2.05) is 36.7 Å². The number of ether oxygens (including phenoxy) is 1. The van der Waals surface area contributed by atoms with E-state index in [0.29, 0.717) is 40.5 Å². The molecule has 8 nitrogen and oxygen atoms in total. The molecule has 8 rings (SSSR count). The third-order valence-electron chi connectivity index (χ3n) is 11.2. The van der Waals surface area contributed by atoms with Gasteiger partial charge in [-0.1, -0.05) is 38.1 Å². The van der Waals surface area contributed by atoms with E-state index in [4.69, 9.17) is 9.15 Å². The first kappa shape index (κ1) is 30.9. The SMILES string of the molecule is CC(C)c1ccccc1C1CN(Cc2ccoc2)CCN1C1CC2(CCN(c3ccc(C=O)c(Oc4cnc5[nH]ccc5c4)c3)CC2)C1. The van der Waals surface area contributed by atoms with Gasteiger partial charge in [-0.15, -0.1) is 0 Å². The van der Waals surface area contributed by atoms with Crippen LogP contribution in [-0.2, 0) is 6.54 Å². The van der Waals surface area contributed by atoms with E-state index in [1.165, 1.54) is 42.4 Å². The number of carbonyl (C=O) groups is 1. The molecule has 1 aliphatic carbocycles. The number of carbonyl (C=O) groups excluding carboxylic acids is 1. The third-order valence-corrected chi connectivity index (χ3v) is 11.2. The summed E-state index contributed by atoms with van der Waals surface area (Å²) in [4.78, 5) is 27.4. The zero-order chi connectivity index (χ0) is 32.7. The lowest BCUT2D eigenvalue weighted by molar-refractivity contribution is -0.0628. The van der Waals surface area contributed by atoms with E-state index in [-0.39, 0.29) is 0 Å². The molecule has 0 bridgehead atoms. The molecule has 3 fully saturated rings. The summed E-state index contributed by atoms with van der Waals surface area (Å²) in [6, 6.07) is 22.1. The first-order chi connectivity index (χ1) is 23.5. The predicted molar refractivity (Wildman–Crippen MR) is 189 cm³/mol. The molecule has 0 radical (unpaired) electrons. The summed E-state index contributed by atoms with van der Waals surface area (Å²) in [6.45, 7) is 10.8. The molecule has 5 heterocycles. The molecule has 1 unspecified atom stereocenters. The molecule has 1 atom stereocenters. The van der Waals surface area contributed by atoms with Gasteiger partial charge in [0, 0.05) is 80.3 Å². The van der Waals surface area contributed by atoms with E-state index >= 15 is 0 Å². The van der Waals surface area contributed by atoms with Gasteiger partial charge in [-0.2, -0.15) is 0 Å². The van der Waals surface area contributed by atoms with E-state index in [2.05, 4.69) is 74.9 Å². The summed E-state index contributed by atoms with van der Waals surface area (Å²) in [5, 5.41) is 0.975. The van der Waals surface area contributed by atoms with Crippen LogP contribution in [0.15, 0.2) is 90.0 Å². The quantitative estimate of drug-likeness (QED) is 0.162. The predicted octanol–water partition coefficient (Wildman–Crippen LogP) is 8.19. The highest BCUT2D eigenvalue weighted by Gasteiger charge is 2.50. The number of H-pyrrole nitrogens is 1. The van der Waals surface area contributed by atoms with Gasteiger partial charge in [-0.25, -0.2) is 4.98 Å². The van der Waals surface area contributed by atoms with Crippen molar-refractivity contribution in [3.05, 3.63) is 108 Å². The number of piperidine rings is 1. The Kier molecular flexibility index (Phi) is 8.30. The summed E-state index contributed by atoms with van der Waals surface area (Å²) in [5.74, 6) is 1.69. The van der Waals surface area contributed by atoms with Crippen molar-refractivity contribution in [1.29, 1.82) is 0 Å². The van der Waals surface area contributed by atoms with Crippen LogP contribution in [0.3, 0.4) is 0 Å². The normalized spacial score (nSPS) is 20.4. The maximum absolute atomic E-state index is 11.9. The highest BCUT2D eigenvalue weighted by Crippen LogP contribution is 2.53. The van der Waals surface area contributed by atoms with Crippen LogP contribution in [-0.4, -0.2) is 64.8 Å². The number of rotatable bonds is 9. The molecule has 1 saturated carbocycles. The number of anilines is 1. The molecule has 2 aromatic carbocycles. The zero-order valence-corrected chi connectivity index (χ0v) is 28.0. The summed E-state index contributed by atoms with van der Waals surface area (Å²) in [7, 11) is 0. The Bertz CT molecular complexity index is 1860. The van der Waals surface area contributed by atoms with Crippen LogP contribution in [0.5, 0.6) is 11.5 Å². The topological polar surface area (TPSA) is 77.8 Å². The largest absolute Gasteiger partial charge is 0.472 e. The number of aldehydes is 1. The third kappa shape index (κ3) is 6.03. The minimum Gasteiger partial charge on any atom is -0.472 e. The van der Waals surface area contributed by atoms with Crippen LogP contribution in [0.2, 0.25) is 0 Å². The van der Waals surface area contributed by atoms with Gasteiger partial charge in [0.2, 0.25) is 0 Å². The number of piperazine rings is 1. The number of aromatic amines is 1. The number of hydrogen-bond acceptors (Lipinski definition) is 7. The second-order valence-corrected chi connectivity index (χ2v) is 14.5. The Morgan fingerprint density at radius 2 is 1.90 bits per heavy atom. The minimum absolute atomic E-state index is 0.398. The van der Waals surface area contributed by atoms with Crippen LogP contribution in [0.4, 0.5) is 5.69 Å². The number of benzene rings is 2. The molecule has 0 amide bonds. The molecule has 1 spiro atoms. The second-order valence-electron chi connectivity index (χ2n) is 14.5. The molecule has 3 aromatic heterocycles. The highest BCUT2D eigenvalue weighted by atomic mass is 16.5. The van der Waals surface area contributed by atoms with Gasteiger partial charge >= 0.3 is 0 Å². The monoisotopic (exact) mass is 643 g/mol.